The third-order valence-electron chi connectivity index (χ3n) is 2.64. The van der Waals surface area contributed by atoms with Crippen molar-refractivity contribution in [3.63, 3.8) is 0 Å². The van der Waals surface area contributed by atoms with Gasteiger partial charge in [-0.05, 0) is 34.1 Å². The SMILES string of the molecule is COc1ccc(C=O)cc1Cn1cncc(Br)c1=O. The van der Waals surface area contributed by atoms with Crippen molar-refractivity contribution in [1.29, 1.82) is 0 Å². The normalized spacial score (nSPS) is 10.2. The van der Waals surface area contributed by atoms with Crippen LogP contribution in [0.2, 0.25) is 0 Å². The molecule has 0 N–H and O–H groups in total. The number of hydrogen-bond acceptors (Lipinski definition) is 4. The predicted molar refractivity (Wildman–Crippen MR) is 73.7 cm³/mol. The van der Waals surface area contributed by atoms with Crippen LogP contribution in [0.15, 0.2) is 40.0 Å². The van der Waals surface area contributed by atoms with Gasteiger partial charge in [-0.25, -0.2) is 4.98 Å². The molecule has 1 heterocycles. The number of aldehydes is 1. The van der Waals surface area contributed by atoms with Crippen molar-refractivity contribution >= 4 is 22.2 Å². The van der Waals surface area contributed by atoms with Crippen molar-refractivity contribution in [2.75, 3.05) is 7.11 Å². The molecule has 98 valence electrons. The zero-order valence-corrected chi connectivity index (χ0v) is 11.8. The van der Waals surface area contributed by atoms with E-state index in [1.807, 2.05) is 0 Å². The first-order valence-corrected chi connectivity index (χ1v) is 6.27. The number of halogens is 1. The number of methoxy groups -OCH3 is 1. The first-order valence-electron chi connectivity index (χ1n) is 5.47. The number of ether oxygens (including phenoxy) is 1. The van der Waals surface area contributed by atoms with Gasteiger partial charge >= 0.3 is 0 Å². The Labute approximate surface area is 118 Å². The van der Waals surface area contributed by atoms with Crippen LogP contribution < -0.4 is 10.3 Å². The molecule has 0 aliphatic rings. The molecule has 2 aromatic rings. The van der Waals surface area contributed by atoms with Crippen LogP contribution in [0.4, 0.5) is 0 Å². The van der Waals surface area contributed by atoms with E-state index in [1.54, 1.807) is 25.3 Å². The Morgan fingerprint density at radius 1 is 1.47 bits per heavy atom. The molecule has 0 atom stereocenters. The van der Waals surface area contributed by atoms with E-state index in [-0.39, 0.29) is 12.1 Å². The van der Waals surface area contributed by atoms with Crippen LogP contribution in [0.5, 0.6) is 5.75 Å². The Morgan fingerprint density at radius 2 is 2.26 bits per heavy atom. The lowest BCUT2D eigenvalue weighted by Gasteiger charge is -2.10. The van der Waals surface area contributed by atoms with Crippen LogP contribution in [-0.4, -0.2) is 22.9 Å². The van der Waals surface area contributed by atoms with Gasteiger partial charge in [0, 0.05) is 17.3 Å². The second-order valence-electron chi connectivity index (χ2n) is 3.86. The number of nitrogens with zero attached hydrogens (tertiary/aromatic N) is 2. The zero-order valence-electron chi connectivity index (χ0n) is 10.2. The molecular weight excluding hydrogens is 312 g/mol. The molecule has 0 saturated heterocycles. The van der Waals surface area contributed by atoms with E-state index in [2.05, 4.69) is 20.9 Å². The molecule has 1 aromatic heterocycles. The van der Waals surface area contributed by atoms with E-state index in [0.717, 1.165) is 11.8 Å². The molecule has 0 spiro atoms. The van der Waals surface area contributed by atoms with E-state index >= 15 is 0 Å². The molecule has 0 unspecified atom stereocenters. The smallest absolute Gasteiger partial charge is 0.267 e. The lowest BCUT2D eigenvalue weighted by Crippen LogP contribution is -2.21. The molecule has 0 saturated carbocycles. The molecule has 5 nitrogen and oxygen atoms in total. The molecule has 19 heavy (non-hydrogen) atoms. The van der Waals surface area contributed by atoms with E-state index in [4.69, 9.17) is 4.74 Å². The van der Waals surface area contributed by atoms with Crippen LogP contribution in [0.3, 0.4) is 0 Å². The van der Waals surface area contributed by atoms with Crippen LogP contribution in [-0.2, 0) is 6.54 Å². The third kappa shape index (κ3) is 2.90. The number of hydrogen-bond donors (Lipinski definition) is 0. The summed E-state index contributed by atoms with van der Waals surface area (Å²) in [6.45, 7) is 0.288. The van der Waals surface area contributed by atoms with Gasteiger partial charge in [0.1, 0.15) is 16.5 Å². The van der Waals surface area contributed by atoms with Crippen molar-refractivity contribution in [3.05, 3.63) is 56.7 Å². The van der Waals surface area contributed by atoms with Crippen LogP contribution >= 0.6 is 15.9 Å². The van der Waals surface area contributed by atoms with Gasteiger partial charge in [0.15, 0.2) is 0 Å². The first kappa shape index (κ1) is 13.5. The maximum atomic E-state index is 11.9. The minimum Gasteiger partial charge on any atom is -0.496 e. The second kappa shape index (κ2) is 5.79. The summed E-state index contributed by atoms with van der Waals surface area (Å²) in [6.07, 6.45) is 3.64. The number of benzene rings is 1. The minimum atomic E-state index is -0.187. The Bertz CT molecular complexity index is 667. The zero-order chi connectivity index (χ0) is 13.8. The quantitative estimate of drug-likeness (QED) is 0.806. The lowest BCUT2D eigenvalue weighted by molar-refractivity contribution is 0.112. The van der Waals surface area contributed by atoms with Crippen molar-refractivity contribution < 1.29 is 9.53 Å². The highest BCUT2D eigenvalue weighted by molar-refractivity contribution is 9.10. The topological polar surface area (TPSA) is 61.2 Å². The van der Waals surface area contributed by atoms with Crippen molar-refractivity contribution in [2.45, 2.75) is 6.54 Å². The second-order valence-corrected chi connectivity index (χ2v) is 4.72. The average Bonchev–Trinajstić information content (AvgIpc) is 2.43. The molecule has 0 aliphatic carbocycles. The molecular formula is C13H11BrN2O3. The van der Waals surface area contributed by atoms with Gasteiger partial charge in [-0.15, -0.1) is 0 Å². The first-order chi connectivity index (χ1) is 9.15. The summed E-state index contributed by atoms with van der Waals surface area (Å²) in [7, 11) is 1.54. The monoisotopic (exact) mass is 322 g/mol. The van der Waals surface area contributed by atoms with E-state index < -0.39 is 0 Å². The number of carbonyl (C=O) groups excluding carboxylic acids is 1. The number of rotatable bonds is 4. The summed E-state index contributed by atoms with van der Waals surface area (Å²) in [5.74, 6) is 0.623. The average molecular weight is 323 g/mol. The van der Waals surface area contributed by atoms with Crippen LogP contribution in [0.25, 0.3) is 0 Å². The summed E-state index contributed by atoms with van der Waals surface area (Å²) in [5, 5.41) is 0. The fourth-order valence-electron chi connectivity index (χ4n) is 1.72. The summed E-state index contributed by atoms with van der Waals surface area (Å²) >= 11 is 3.14. The number of aromatic nitrogens is 2. The molecule has 6 heteroatoms. The molecule has 0 fully saturated rings. The van der Waals surface area contributed by atoms with Gasteiger partial charge in [0.25, 0.3) is 5.56 Å². The van der Waals surface area contributed by atoms with Crippen molar-refractivity contribution in [2.24, 2.45) is 0 Å². The fraction of sp³-hybridized carbons (Fsp3) is 0.154. The van der Waals surface area contributed by atoms with Gasteiger partial charge in [0.05, 0.1) is 20.0 Å². The molecule has 0 bridgehead atoms. The summed E-state index contributed by atoms with van der Waals surface area (Å²) in [4.78, 5) is 26.6. The van der Waals surface area contributed by atoms with E-state index in [9.17, 15) is 9.59 Å². The van der Waals surface area contributed by atoms with Gasteiger partial charge < -0.3 is 4.74 Å². The molecule has 0 amide bonds. The van der Waals surface area contributed by atoms with Gasteiger partial charge in [-0.2, -0.15) is 0 Å². The predicted octanol–water partition coefficient (Wildman–Crippen LogP) is 1.88. The molecule has 0 radical (unpaired) electrons. The Hall–Kier alpha value is -1.95. The highest BCUT2D eigenvalue weighted by Gasteiger charge is 2.08. The van der Waals surface area contributed by atoms with Gasteiger partial charge in [-0.1, -0.05) is 0 Å². The summed E-state index contributed by atoms with van der Waals surface area (Å²) in [5.41, 5.74) is 1.09. The van der Waals surface area contributed by atoms with Crippen LogP contribution in [0.1, 0.15) is 15.9 Å². The molecule has 2 rings (SSSR count). The fourth-order valence-corrected chi connectivity index (χ4v) is 2.06. The molecule has 0 aliphatic heterocycles. The maximum Gasteiger partial charge on any atom is 0.267 e. The lowest BCUT2D eigenvalue weighted by atomic mass is 10.1. The van der Waals surface area contributed by atoms with E-state index in [0.29, 0.717) is 15.8 Å². The summed E-state index contributed by atoms with van der Waals surface area (Å²) < 4.78 is 7.05. The van der Waals surface area contributed by atoms with Crippen molar-refractivity contribution in [3.8, 4) is 5.75 Å². The highest BCUT2D eigenvalue weighted by Crippen LogP contribution is 2.20. The maximum absolute atomic E-state index is 11.9. The van der Waals surface area contributed by atoms with Crippen LogP contribution in [0, 0.1) is 0 Å². The highest BCUT2D eigenvalue weighted by atomic mass is 79.9. The van der Waals surface area contributed by atoms with E-state index in [1.165, 1.54) is 17.1 Å². The Morgan fingerprint density at radius 3 is 2.95 bits per heavy atom. The largest absolute Gasteiger partial charge is 0.496 e. The third-order valence-corrected chi connectivity index (χ3v) is 3.18. The number of carbonyl (C=O) groups is 1. The van der Waals surface area contributed by atoms with Crippen molar-refractivity contribution in [1.82, 2.24) is 9.55 Å². The molecule has 1 aromatic carbocycles. The standard InChI is InChI=1S/C13H11BrN2O3/c1-19-12-3-2-9(7-17)4-10(12)6-16-8-15-5-11(14)13(16)18/h2-5,7-8H,6H2,1H3. The van der Waals surface area contributed by atoms with Gasteiger partial charge in [0.2, 0.25) is 0 Å². The Kier molecular flexibility index (Phi) is 4.11. The summed E-state index contributed by atoms with van der Waals surface area (Å²) in [6, 6.07) is 5.06. The Balaban J connectivity index is 2.44. The van der Waals surface area contributed by atoms with Gasteiger partial charge in [-0.3, -0.25) is 14.2 Å². The minimum absolute atomic E-state index is 0.187.